The summed E-state index contributed by atoms with van der Waals surface area (Å²) in [6.07, 6.45) is 1.72. The highest BCUT2D eigenvalue weighted by Gasteiger charge is 2.27. The minimum Gasteiger partial charge on any atom is -0.378 e. The number of halogens is 1. The third-order valence-corrected chi connectivity index (χ3v) is 6.05. The number of nitrogens with zero attached hydrogens (tertiary/aromatic N) is 1. The maximum Gasteiger partial charge on any atom is 0.243 e. The molecule has 0 bridgehead atoms. The van der Waals surface area contributed by atoms with Crippen molar-refractivity contribution in [2.45, 2.75) is 17.7 Å². The smallest absolute Gasteiger partial charge is 0.243 e. The fourth-order valence-electron chi connectivity index (χ4n) is 2.76. The van der Waals surface area contributed by atoms with Gasteiger partial charge in [0.15, 0.2) is 5.78 Å². The van der Waals surface area contributed by atoms with Gasteiger partial charge in [0.05, 0.1) is 11.4 Å². The Kier molecular flexibility index (Phi) is 5.15. The molecule has 7 heteroatoms. The molecule has 132 valence electrons. The molecule has 0 radical (unpaired) electrons. The fraction of sp³-hybridized carbons (Fsp3) is 0.278. The highest BCUT2D eigenvalue weighted by Crippen LogP contribution is 2.21. The number of anilines is 1. The molecular weight excluding hydrogens is 343 g/mol. The summed E-state index contributed by atoms with van der Waals surface area (Å²) in [5, 5.41) is 2.91. The van der Waals surface area contributed by atoms with E-state index in [1.807, 2.05) is 0 Å². The van der Waals surface area contributed by atoms with Gasteiger partial charge in [-0.15, -0.1) is 0 Å². The lowest BCUT2D eigenvalue weighted by molar-refractivity contribution is 0.101. The molecule has 0 amide bonds. The molecule has 2 aromatic rings. The van der Waals surface area contributed by atoms with Gasteiger partial charge in [-0.25, -0.2) is 12.8 Å². The molecule has 1 aliphatic rings. The Labute approximate surface area is 146 Å². The SMILES string of the molecule is O=C(CNc1ccc(F)cc1)c1cccc(S(=O)(=O)N2CCCC2)c1. The van der Waals surface area contributed by atoms with Gasteiger partial charge < -0.3 is 5.32 Å². The van der Waals surface area contributed by atoms with Crippen molar-refractivity contribution in [1.29, 1.82) is 0 Å². The van der Waals surface area contributed by atoms with E-state index in [9.17, 15) is 17.6 Å². The Morgan fingerprint density at radius 3 is 2.44 bits per heavy atom. The monoisotopic (exact) mass is 362 g/mol. The molecule has 3 rings (SSSR count). The first-order chi connectivity index (χ1) is 12.0. The molecule has 0 saturated carbocycles. The zero-order valence-electron chi connectivity index (χ0n) is 13.6. The lowest BCUT2D eigenvalue weighted by Gasteiger charge is -2.16. The first kappa shape index (κ1) is 17.6. The number of hydrogen-bond acceptors (Lipinski definition) is 4. The van der Waals surface area contributed by atoms with Crippen molar-refractivity contribution in [3.63, 3.8) is 0 Å². The van der Waals surface area contributed by atoms with Crippen LogP contribution in [0.2, 0.25) is 0 Å². The summed E-state index contributed by atoms with van der Waals surface area (Å²) in [6, 6.07) is 11.8. The molecule has 0 aliphatic carbocycles. The third-order valence-electron chi connectivity index (χ3n) is 4.16. The number of rotatable bonds is 6. The van der Waals surface area contributed by atoms with E-state index >= 15 is 0 Å². The summed E-state index contributed by atoms with van der Waals surface area (Å²) < 4.78 is 39.5. The molecule has 1 saturated heterocycles. The Bertz CT molecular complexity index is 860. The van der Waals surface area contributed by atoms with Crippen LogP contribution in [0.15, 0.2) is 53.4 Å². The van der Waals surface area contributed by atoms with Gasteiger partial charge in [0.1, 0.15) is 5.82 Å². The first-order valence-corrected chi connectivity index (χ1v) is 9.54. The molecule has 1 N–H and O–H groups in total. The molecule has 1 heterocycles. The number of sulfonamides is 1. The van der Waals surface area contributed by atoms with Gasteiger partial charge in [-0.05, 0) is 49.2 Å². The number of ketones is 1. The van der Waals surface area contributed by atoms with Crippen LogP contribution in [0, 0.1) is 5.82 Å². The van der Waals surface area contributed by atoms with Crippen LogP contribution < -0.4 is 5.32 Å². The average molecular weight is 362 g/mol. The van der Waals surface area contributed by atoms with E-state index in [4.69, 9.17) is 0 Å². The number of carbonyl (C=O) groups is 1. The summed E-state index contributed by atoms with van der Waals surface area (Å²) >= 11 is 0. The van der Waals surface area contributed by atoms with E-state index in [1.165, 1.54) is 40.7 Å². The molecule has 0 atom stereocenters. The van der Waals surface area contributed by atoms with Crippen molar-refractivity contribution in [3.05, 3.63) is 59.9 Å². The minimum absolute atomic E-state index is 0.00114. The van der Waals surface area contributed by atoms with Crippen LogP contribution in [0.3, 0.4) is 0 Å². The number of carbonyl (C=O) groups excluding carboxylic acids is 1. The molecule has 2 aromatic carbocycles. The Morgan fingerprint density at radius 2 is 1.76 bits per heavy atom. The molecular formula is C18H19FN2O3S. The summed E-state index contributed by atoms with van der Waals surface area (Å²) in [5.41, 5.74) is 0.950. The van der Waals surface area contributed by atoms with Crippen LogP contribution in [0.25, 0.3) is 0 Å². The van der Waals surface area contributed by atoms with Gasteiger partial charge in [0.25, 0.3) is 0 Å². The van der Waals surface area contributed by atoms with Gasteiger partial charge in [-0.1, -0.05) is 12.1 Å². The summed E-state index contributed by atoms with van der Waals surface area (Å²) in [7, 11) is -3.55. The molecule has 0 aromatic heterocycles. The lowest BCUT2D eigenvalue weighted by Crippen LogP contribution is -2.28. The zero-order valence-corrected chi connectivity index (χ0v) is 14.4. The number of benzene rings is 2. The highest BCUT2D eigenvalue weighted by molar-refractivity contribution is 7.89. The number of Topliss-reactive ketones (excluding diaryl/α,β-unsaturated/α-hetero) is 1. The summed E-state index contributed by atoms with van der Waals surface area (Å²) in [6.45, 7) is 1.04. The summed E-state index contributed by atoms with van der Waals surface area (Å²) in [4.78, 5) is 12.5. The molecule has 1 aliphatic heterocycles. The minimum atomic E-state index is -3.55. The van der Waals surface area contributed by atoms with E-state index in [-0.39, 0.29) is 23.0 Å². The fourth-order valence-corrected chi connectivity index (χ4v) is 4.32. The quantitative estimate of drug-likeness (QED) is 0.803. The molecule has 0 spiro atoms. The van der Waals surface area contributed by atoms with Crippen LogP contribution in [-0.4, -0.2) is 38.1 Å². The second-order valence-electron chi connectivity index (χ2n) is 5.92. The van der Waals surface area contributed by atoms with Crippen LogP contribution in [-0.2, 0) is 10.0 Å². The predicted octanol–water partition coefficient (Wildman–Crippen LogP) is 2.91. The van der Waals surface area contributed by atoms with Gasteiger partial charge in [0, 0.05) is 24.3 Å². The van der Waals surface area contributed by atoms with Crippen molar-refractivity contribution in [3.8, 4) is 0 Å². The first-order valence-electron chi connectivity index (χ1n) is 8.10. The molecule has 0 unspecified atom stereocenters. The average Bonchev–Trinajstić information content (AvgIpc) is 3.16. The third kappa shape index (κ3) is 4.05. The number of hydrogen-bond donors (Lipinski definition) is 1. The van der Waals surface area contributed by atoms with Gasteiger partial charge in [0.2, 0.25) is 10.0 Å². The van der Waals surface area contributed by atoms with Crippen molar-refractivity contribution in [2.75, 3.05) is 25.0 Å². The largest absolute Gasteiger partial charge is 0.378 e. The normalized spacial score (nSPS) is 15.2. The summed E-state index contributed by atoms with van der Waals surface area (Å²) in [5.74, 6) is -0.584. The Morgan fingerprint density at radius 1 is 1.08 bits per heavy atom. The molecule has 25 heavy (non-hydrogen) atoms. The second kappa shape index (κ2) is 7.33. The van der Waals surface area contributed by atoms with E-state index in [2.05, 4.69) is 5.32 Å². The maximum absolute atomic E-state index is 12.9. The van der Waals surface area contributed by atoms with Crippen molar-refractivity contribution in [1.82, 2.24) is 4.31 Å². The van der Waals surface area contributed by atoms with E-state index in [0.717, 1.165) is 12.8 Å². The van der Waals surface area contributed by atoms with E-state index < -0.39 is 10.0 Å². The van der Waals surface area contributed by atoms with Crippen molar-refractivity contribution < 1.29 is 17.6 Å². The van der Waals surface area contributed by atoms with Crippen LogP contribution in [0.1, 0.15) is 23.2 Å². The van der Waals surface area contributed by atoms with Crippen molar-refractivity contribution in [2.24, 2.45) is 0 Å². The lowest BCUT2D eigenvalue weighted by atomic mass is 10.1. The van der Waals surface area contributed by atoms with Gasteiger partial charge >= 0.3 is 0 Å². The predicted molar refractivity (Wildman–Crippen MR) is 93.7 cm³/mol. The van der Waals surface area contributed by atoms with Gasteiger partial charge in [-0.2, -0.15) is 4.31 Å². The highest BCUT2D eigenvalue weighted by atomic mass is 32.2. The maximum atomic E-state index is 12.9. The van der Waals surface area contributed by atoms with Crippen molar-refractivity contribution >= 4 is 21.5 Å². The van der Waals surface area contributed by atoms with E-state index in [0.29, 0.717) is 24.3 Å². The van der Waals surface area contributed by atoms with Crippen LogP contribution in [0.5, 0.6) is 0 Å². The molecule has 5 nitrogen and oxygen atoms in total. The second-order valence-corrected chi connectivity index (χ2v) is 7.86. The van der Waals surface area contributed by atoms with E-state index in [1.54, 1.807) is 12.1 Å². The van der Waals surface area contributed by atoms with Crippen LogP contribution in [0.4, 0.5) is 10.1 Å². The molecule has 1 fully saturated rings. The topological polar surface area (TPSA) is 66.5 Å². The Balaban J connectivity index is 1.72. The number of nitrogens with one attached hydrogen (secondary N) is 1. The Hall–Kier alpha value is -2.25. The standard InChI is InChI=1S/C18H19FN2O3S/c19-15-6-8-16(9-7-15)20-13-18(22)14-4-3-5-17(12-14)25(23,24)21-10-1-2-11-21/h3-9,12,20H,1-2,10-11,13H2. The van der Waals surface area contributed by atoms with Crippen LogP contribution >= 0.6 is 0 Å². The zero-order chi connectivity index (χ0) is 17.9. The van der Waals surface area contributed by atoms with Gasteiger partial charge in [-0.3, -0.25) is 4.79 Å².